The van der Waals surface area contributed by atoms with E-state index in [1.165, 1.54) is 0 Å². The first-order valence-electron chi connectivity index (χ1n) is 2.56. The summed E-state index contributed by atoms with van der Waals surface area (Å²) in [5, 5.41) is 7.00. The fourth-order valence-electron chi connectivity index (χ4n) is 0.211. The molecule has 0 aliphatic rings. The van der Waals surface area contributed by atoms with Gasteiger partial charge in [-0.25, -0.2) is 0 Å². The zero-order valence-electron chi connectivity index (χ0n) is 6.21. The van der Waals surface area contributed by atoms with Crippen molar-refractivity contribution in [1.29, 1.82) is 0 Å². The van der Waals surface area contributed by atoms with Crippen LogP contribution in [0.4, 0.5) is 0 Å². The highest BCUT2D eigenvalue weighted by molar-refractivity contribution is 7.89. The van der Waals surface area contributed by atoms with Gasteiger partial charge in [0.2, 0.25) is 0 Å². The maximum atomic E-state index is 9.86. The van der Waals surface area contributed by atoms with Crippen molar-refractivity contribution in [3.63, 3.8) is 0 Å². The Hall–Kier alpha value is -0.220. The van der Waals surface area contributed by atoms with Crippen LogP contribution in [0.5, 0.6) is 0 Å². The first kappa shape index (κ1) is 14.3. The molecule has 0 amide bonds. The minimum Gasteiger partial charge on any atom is -0.400 e. The quantitative estimate of drug-likeness (QED) is 0.489. The molecule has 9 heteroatoms. The third-order valence-electron chi connectivity index (χ3n) is 0.599. The van der Waals surface area contributed by atoms with E-state index in [2.05, 4.69) is 0 Å². The van der Waals surface area contributed by atoms with Gasteiger partial charge in [0.1, 0.15) is 0 Å². The van der Waals surface area contributed by atoms with E-state index in [-0.39, 0.29) is 0 Å². The monoisotopic (exact) mass is 222 g/mol. The van der Waals surface area contributed by atoms with Crippen LogP contribution >= 0.6 is 0 Å². The smallest absolute Gasteiger partial charge is 0.265 e. The van der Waals surface area contributed by atoms with Crippen LogP contribution < -0.4 is 0 Å². The summed E-state index contributed by atoms with van der Waals surface area (Å²) in [6.07, 6.45) is 0. The van der Waals surface area contributed by atoms with Crippen LogP contribution in [-0.2, 0) is 20.2 Å². The van der Waals surface area contributed by atoms with E-state index in [1.807, 2.05) is 0 Å². The molecule has 0 saturated carbocycles. The van der Waals surface area contributed by atoms with Crippen LogP contribution in [0.3, 0.4) is 0 Å². The highest BCUT2D eigenvalue weighted by Crippen LogP contribution is 1.86. The number of hydrogen-bond acceptors (Lipinski definition) is 5. The lowest BCUT2D eigenvalue weighted by Crippen LogP contribution is -2.15. The van der Waals surface area contributed by atoms with Gasteiger partial charge in [-0.15, -0.1) is 0 Å². The van der Waals surface area contributed by atoms with E-state index in [4.69, 9.17) is 14.2 Å². The lowest BCUT2D eigenvalue weighted by molar-refractivity contribution is 0.399. The Morgan fingerprint density at radius 3 is 1.08 bits per heavy atom. The Bertz CT molecular complexity index is 253. The molecule has 0 atom stereocenters. The first-order chi connectivity index (χ1) is 5.21. The Balaban J connectivity index is 0. The summed E-state index contributed by atoms with van der Waals surface area (Å²) in [6.45, 7) is 0. The van der Waals surface area contributed by atoms with E-state index in [1.54, 1.807) is 0 Å². The van der Waals surface area contributed by atoms with Crippen molar-refractivity contribution < 1.29 is 31.0 Å². The van der Waals surface area contributed by atoms with Gasteiger partial charge in [0.15, 0.2) is 0 Å². The van der Waals surface area contributed by atoms with Crippen LogP contribution in [0.25, 0.3) is 0 Å². The summed E-state index contributed by atoms with van der Waals surface area (Å²) in [5.41, 5.74) is 0. The summed E-state index contributed by atoms with van der Waals surface area (Å²) < 4.78 is 55.4. The van der Waals surface area contributed by atoms with Gasteiger partial charge in [-0.2, -0.15) is 16.8 Å². The second kappa shape index (κ2) is 5.43. The molecule has 12 heavy (non-hydrogen) atoms. The van der Waals surface area contributed by atoms with Gasteiger partial charge in [0.25, 0.3) is 20.2 Å². The van der Waals surface area contributed by atoms with Crippen LogP contribution in [0.15, 0.2) is 0 Å². The van der Waals surface area contributed by atoms with E-state index in [9.17, 15) is 16.8 Å². The van der Waals surface area contributed by atoms with Crippen molar-refractivity contribution in [2.45, 2.75) is 0 Å². The number of hydrogen-bond donors (Lipinski definition) is 3. The molecule has 0 aliphatic carbocycles. The number of aliphatic hydroxyl groups is 1. The first-order valence-corrected chi connectivity index (χ1v) is 5.77. The van der Waals surface area contributed by atoms with Crippen LogP contribution in [0, 0.1) is 0 Å². The summed E-state index contributed by atoms with van der Waals surface area (Å²) in [5.74, 6) is -1.96. The summed E-state index contributed by atoms with van der Waals surface area (Å²) >= 11 is 0. The van der Waals surface area contributed by atoms with E-state index >= 15 is 0 Å². The molecule has 0 aromatic carbocycles. The van der Waals surface area contributed by atoms with Gasteiger partial charge >= 0.3 is 0 Å². The fraction of sp³-hybridized carbons (Fsp3) is 1.00. The Labute approximate surface area is 70.5 Å². The van der Waals surface area contributed by atoms with Crippen molar-refractivity contribution in [1.82, 2.24) is 0 Å². The molecular formula is C3H10O7S2. The molecule has 0 aliphatic heterocycles. The molecule has 0 aromatic rings. The summed E-state index contributed by atoms with van der Waals surface area (Å²) in [7, 11) is -7.59. The molecule has 3 N–H and O–H groups in total. The lowest BCUT2D eigenvalue weighted by atomic mass is 11.0. The standard InChI is InChI=1S/C2H6O6S2.CH4O/c3-9(4,5)1-2-10(6,7)8;1-2/h1-2H2,(H,3,4,5)(H,6,7,8);2H,1H3. The van der Waals surface area contributed by atoms with Gasteiger partial charge in [-0.3, -0.25) is 9.11 Å². The molecule has 0 rings (SSSR count). The van der Waals surface area contributed by atoms with E-state index in [0.29, 0.717) is 0 Å². The second-order valence-corrected chi connectivity index (χ2v) is 4.72. The van der Waals surface area contributed by atoms with Gasteiger partial charge in [0, 0.05) is 7.11 Å². The minimum atomic E-state index is -4.30. The molecular weight excluding hydrogens is 212 g/mol. The SMILES string of the molecule is CO.O=S(=O)(O)CCS(=O)(=O)O. The molecule has 0 spiro atoms. The van der Waals surface area contributed by atoms with Crippen molar-refractivity contribution in [3.05, 3.63) is 0 Å². The van der Waals surface area contributed by atoms with Crippen LogP contribution in [0.1, 0.15) is 0 Å². The largest absolute Gasteiger partial charge is 0.400 e. The molecule has 0 bridgehead atoms. The predicted molar refractivity (Wildman–Crippen MR) is 41.0 cm³/mol. The second-order valence-electron chi connectivity index (χ2n) is 1.57. The van der Waals surface area contributed by atoms with Crippen molar-refractivity contribution in [2.75, 3.05) is 18.6 Å². The highest BCUT2D eigenvalue weighted by Gasteiger charge is 2.11. The van der Waals surface area contributed by atoms with Gasteiger partial charge < -0.3 is 5.11 Å². The van der Waals surface area contributed by atoms with E-state index < -0.39 is 31.7 Å². The Kier molecular flexibility index (Phi) is 6.48. The van der Waals surface area contributed by atoms with Crippen molar-refractivity contribution in [3.8, 4) is 0 Å². The predicted octanol–water partition coefficient (Wildman–Crippen LogP) is -1.63. The normalized spacial score (nSPS) is 11.7. The molecule has 0 saturated heterocycles. The van der Waals surface area contributed by atoms with Crippen molar-refractivity contribution in [2.24, 2.45) is 0 Å². The molecule has 0 unspecified atom stereocenters. The van der Waals surface area contributed by atoms with Gasteiger partial charge in [0.05, 0.1) is 11.5 Å². The maximum absolute atomic E-state index is 9.86. The topological polar surface area (TPSA) is 129 Å². The molecule has 76 valence electrons. The van der Waals surface area contributed by atoms with Gasteiger partial charge in [-0.05, 0) is 0 Å². The molecule has 0 radical (unpaired) electrons. The van der Waals surface area contributed by atoms with Crippen LogP contribution in [-0.4, -0.2) is 49.7 Å². The average Bonchev–Trinajstić information content (AvgIpc) is 1.86. The zero-order valence-corrected chi connectivity index (χ0v) is 7.84. The Morgan fingerprint density at radius 1 is 0.833 bits per heavy atom. The summed E-state index contributed by atoms with van der Waals surface area (Å²) in [6, 6.07) is 0. The average molecular weight is 222 g/mol. The zero-order chi connectivity index (χ0) is 10.4. The third-order valence-corrected chi connectivity index (χ3v) is 2.30. The van der Waals surface area contributed by atoms with Crippen LogP contribution in [0.2, 0.25) is 0 Å². The van der Waals surface area contributed by atoms with E-state index in [0.717, 1.165) is 7.11 Å². The van der Waals surface area contributed by atoms with Crippen molar-refractivity contribution >= 4 is 20.2 Å². The fourth-order valence-corrected chi connectivity index (χ4v) is 1.90. The highest BCUT2D eigenvalue weighted by atomic mass is 32.2. The maximum Gasteiger partial charge on any atom is 0.265 e. The minimum absolute atomic E-state index is 0.980. The molecule has 7 nitrogen and oxygen atoms in total. The number of rotatable bonds is 3. The number of aliphatic hydroxyl groups excluding tert-OH is 1. The Morgan fingerprint density at radius 2 is 1.00 bits per heavy atom. The molecule has 0 heterocycles. The lowest BCUT2D eigenvalue weighted by Gasteiger charge is -1.92. The third kappa shape index (κ3) is 16.4. The molecule has 0 fully saturated rings. The summed E-state index contributed by atoms with van der Waals surface area (Å²) in [4.78, 5) is 0. The molecule has 0 aromatic heterocycles. The van der Waals surface area contributed by atoms with Gasteiger partial charge in [-0.1, -0.05) is 0 Å².